The lowest BCUT2D eigenvalue weighted by molar-refractivity contribution is -0.154. The van der Waals surface area contributed by atoms with Crippen molar-refractivity contribution in [2.24, 2.45) is 10.8 Å². The van der Waals surface area contributed by atoms with Crippen molar-refractivity contribution in [2.45, 2.75) is 105 Å². The number of carboxylic acid groups (broad SMARTS) is 1. The zero-order valence-corrected chi connectivity index (χ0v) is 13.5. The quantitative estimate of drug-likeness (QED) is 0.408. The highest BCUT2D eigenvalue weighted by molar-refractivity contribution is 5.75. The van der Waals surface area contributed by atoms with Crippen LogP contribution in [0.25, 0.3) is 0 Å². The molecule has 1 aliphatic rings. The summed E-state index contributed by atoms with van der Waals surface area (Å²) in [5.74, 6) is -0.847. The Labute approximate surface area is 165 Å². The standard InChI is InChI=1S/C9H16O3.C6H12O2.6CH4/c1-4-9(2,3)8(10)12-6-7-5-11-7;1-4-6(2,3)5(7)8;;;;;;/h7H,4-6H2,1-3H3;4H2,1-3H3,(H,7,8);6*1H4. The molecule has 1 N–H and O–H groups in total. The van der Waals surface area contributed by atoms with Crippen LogP contribution in [0.1, 0.15) is 98.9 Å². The molecule has 0 spiro atoms. The average Bonchev–Trinajstić information content (AvgIpc) is 3.20. The van der Waals surface area contributed by atoms with E-state index in [9.17, 15) is 9.59 Å². The van der Waals surface area contributed by atoms with E-state index in [4.69, 9.17) is 14.6 Å². The van der Waals surface area contributed by atoms with Crippen LogP contribution >= 0.6 is 0 Å². The number of ether oxygens (including phenoxy) is 2. The normalized spacial score (nSPS) is 13.7. The smallest absolute Gasteiger partial charge is 0.311 e. The number of carbonyl (C=O) groups is 2. The lowest BCUT2D eigenvalue weighted by Crippen LogP contribution is -2.27. The predicted octanol–water partition coefficient (Wildman–Crippen LogP) is 6.69. The number of epoxide rings is 1. The zero-order chi connectivity index (χ0) is 16.0. The number of rotatable bonds is 6. The topological polar surface area (TPSA) is 76.1 Å². The van der Waals surface area contributed by atoms with Gasteiger partial charge in [-0.25, -0.2) is 0 Å². The number of hydrogen-bond acceptors (Lipinski definition) is 4. The molecule has 0 radical (unpaired) electrons. The van der Waals surface area contributed by atoms with E-state index in [2.05, 4.69) is 0 Å². The van der Waals surface area contributed by atoms with Gasteiger partial charge in [0.1, 0.15) is 12.7 Å². The summed E-state index contributed by atoms with van der Waals surface area (Å²) in [4.78, 5) is 21.6. The summed E-state index contributed by atoms with van der Waals surface area (Å²) in [6.45, 7) is 12.2. The molecule has 1 atom stereocenters. The lowest BCUT2D eigenvalue weighted by Gasteiger charge is -2.19. The average molecular weight is 385 g/mol. The van der Waals surface area contributed by atoms with Crippen molar-refractivity contribution in [3.8, 4) is 0 Å². The second-order valence-electron chi connectivity index (χ2n) is 6.33. The summed E-state index contributed by atoms with van der Waals surface area (Å²) in [6.07, 6.45) is 1.65. The Balaban J connectivity index is -0.0000000473. The first kappa shape index (κ1) is 44.4. The third-order valence-corrected chi connectivity index (χ3v) is 3.70. The Hall–Kier alpha value is -1.10. The molecule has 0 aromatic heterocycles. The second kappa shape index (κ2) is 18.7. The van der Waals surface area contributed by atoms with Crippen LogP contribution in [0.15, 0.2) is 0 Å². The van der Waals surface area contributed by atoms with Crippen molar-refractivity contribution in [3.63, 3.8) is 0 Å². The van der Waals surface area contributed by atoms with E-state index in [0.717, 1.165) is 13.0 Å². The minimum atomic E-state index is -0.722. The van der Waals surface area contributed by atoms with E-state index in [1.807, 2.05) is 27.7 Å². The first-order valence-electron chi connectivity index (χ1n) is 7.09. The maximum absolute atomic E-state index is 11.4. The highest BCUT2D eigenvalue weighted by Crippen LogP contribution is 2.22. The van der Waals surface area contributed by atoms with E-state index >= 15 is 0 Å². The molecule has 1 unspecified atom stereocenters. The summed E-state index contributed by atoms with van der Waals surface area (Å²) in [5.41, 5.74) is -0.894. The van der Waals surface area contributed by atoms with Gasteiger partial charge in [-0.2, -0.15) is 0 Å². The van der Waals surface area contributed by atoms with Crippen molar-refractivity contribution < 1.29 is 24.2 Å². The molecule has 0 bridgehead atoms. The van der Waals surface area contributed by atoms with Crippen molar-refractivity contribution >= 4 is 11.9 Å². The number of hydrogen-bond donors (Lipinski definition) is 1. The maximum Gasteiger partial charge on any atom is 0.311 e. The van der Waals surface area contributed by atoms with Gasteiger partial charge in [0, 0.05) is 0 Å². The molecule has 1 aliphatic heterocycles. The molecule has 1 fully saturated rings. The third kappa shape index (κ3) is 17.7. The van der Waals surface area contributed by atoms with Crippen molar-refractivity contribution in [3.05, 3.63) is 0 Å². The zero-order valence-electron chi connectivity index (χ0n) is 13.5. The summed E-state index contributed by atoms with van der Waals surface area (Å²) in [6, 6.07) is 0. The van der Waals surface area contributed by atoms with E-state index in [0.29, 0.717) is 13.0 Å². The Morgan fingerprint density at radius 1 is 0.923 bits per heavy atom. The van der Waals surface area contributed by atoms with E-state index in [-0.39, 0.29) is 62.0 Å². The van der Waals surface area contributed by atoms with Gasteiger partial charge in [-0.05, 0) is 40.5 Å². The number of esters is 1. The fourth-order valence-electron chi connectivity index (χ4n) is 0.824. The number of carboxylic acids is 1. The fraction of sp³-hybridized carbons (Fsp3) is 0.905. The minimum absolute atomic E-state index is 0. The molecule has 0 amide bonds. The summed E-state index contributed by atoms with van der Waals surface area (Å²) in [7, 11) is 0. The van der Waals surface area contributed by atoms with Gasteiger partial charge >= 0.3 is 11.9 Å². The van der Waals surface area contributed by atoms with Gasteiger partial charge in [0.25, 0.3) is 0 Å². The van der Waals surface area contributed by atoms with Gasteiger partial charge in [-0.15, -0.1) is 0 Å². The van der Waals surface area contributed by atoms with Crippen molar-refractivity contribution in [2.75, 3.05) is 13.2 Å². The van der Waals surface area contributed by atoms with Crippen molar-refractivity contribution in [1.82, 2.24) is 0 Å². The van der Waals surface area contributed by atoms with Crippen LogP contribution in [-0.2, 0) is 19.1 Å². The van der Waals surface area contributed by atoms with Crippen LogP contribution in [0.3, 0.4) is 0 Å². The monoisotopic (exact) mass is 384 g/mol. The molecule has 1 saturated heterocycles. The Bertz CT molecular complexity index is 331. The van der Waals surface area contributed by atoms with Crippen LogP contribution in [-0.4, -0.2) is 36.4 Å². The van der Waals surface area contributed by atoms with Gasteiger partial charge in [0.2, 0.25) is 0 Å². The molecule has 166 valence electrons. The van der Waals surface area contributed by atoms with Crippen LogP contribution in [0.2, 0.25) is 0 Å². The number of aliphatic carboxylic acids is 1. The molecule has 0 aliphatic carbocycles. The first-order valence-corrected chi connectivity index (χ1v) is 7.09. The van der Waals surface area contributed by atoms with E-state index in [1.54, 1.807) is 13.8 Å². The van der Waals surface area contributed by atoms with E-state index in [1.165, 1.54) is 0 Å². The molecule has 1 rings (SSSR count). The largest absolute Gasteiger partial charge is 0.481 e. The maximum atomic E-state index is 11.4. The van der Waals surface area contributed by atoms with Crippen LogP contribution in [0.4, 0.5) is 0 Å². The predicted molar refractivity (Wildman–Crippen MR) is 117 cm³/mol. The van der Waals surface area contributed by atoms with Gasteiger partial charge in [-0.1, -0.05) is 58.4 Å². The summed E-state index contributed by atoms with van der Waals surface area (Å²) >= 11 is 0. The van der Waals surface area contributed by atoms with Crippen LogP contribution < -0.4 is 0 Å². The second-order valence-corrected chi connectivity index (χ2v) is 6.33. The Morgan fingerprint density at radius 2 is 1.27 bits per heavy atom. The highest BCUT2D eigenvalue weighted by atomic mass is 16.6. The molecule has 0 saturated carbocycles. The fourth-order valence-corrected chi connectivity index (χ4v) is 0.824. The SMILES string of the molecule is C.C.C.C.C.C.CCC(C)(C)C(=O)O.CCC(C)(C)C(=O)OCC1CO1. The number of carbonyl (C=O) groups excluding carboxylic acids is 1. The molecule has 26 heavy (non-hydrogen) atoms. The molecule has 0 aromatic rings. The lowest BCUT2D eigenvalue weighted by atomic mass is 9.91. The van der Waals surface area contributed by atoms with Crippen LogP contribution in [0, 0.1) is 10.8 Å². The van der Waals surface area contributed by atoms with Gasteiger partial charge in [0.15, 0.2) is 0 Å². The van der Waals surface area contributed by atoms with E-state index < -0.39 is 11.4 Å². The van der Waals surface area contributed by atoms with Crippen molar-refractivity contribution in [1.29, 1.82) is 0 Å². The minimum Gasteiger partial charge on any atom is -0.481 e. The first-order chi connectivity index (χ1) is 9.06. The van der Waals surface area contributed by atoms with Gasteiger partial charge < -0.3 is 14.6 Å². The third-order valence-electron chi connectivity index (χ3n) is 3.70. The molecule has 1 heterocycles. The molecule has 0 aromatic carbocycles. The Morgan fingerprint density at radius 3 is 1.46 bits per heavy atom. The molecule has 5 nitrogen and oxygen atoms in total. The summed E-state index contributed by atoms with van der Waals surface area (Å²) < 4.78 is 9.99. The van der Waals surface area contributed by atoms with Crippen LogP contribution in [0.5, 0.6) is 0 Å². The molecule has 5 heteroatoms. The van der Waals surface area contributed by atoms with Gasteiger partial charge in [0.05, 0.1) is 17.4 Å². The molecular formula is C21H52O5. The summed E-state index contributed by atoms with van der Waals surface area (Å²) in [5, 5.41) is 8.44. The highest BCUT2D eigenvalue weighted by Gasteiger charge is 2.30. The molecular weight excluding hydrogens is 332 g/mol. The Kier molecular flexibility index (Phi) is 31.9. The van der Waals surface area contributed by atoms with Gasteiger partial charge in [-0.3, -0.25) is 9.59 Å².